The topological polar surface area (TPSA) is 91.1 Å². The second-order valence-electron chi connectivity index (χ2n) is 16.1. The van der Waals surface area contributed by atoms with E-state index in [1.165, 1.54) is 11.7 Å². The zero-order valence-corrected chi connectivity index (χ0v) is 32.2. The van der Waals surface area contributed by atoms with Crippen LogP contribution in [-0.2, 0) is 36.3 Å². The standard InChI is InChI=1S/C38H48F3N5O5Si/c1-37(2,3)51-36(48)45-19-24(17-38(40,41)22-45)27-15-28(26-11-9-10-12-32(26)49-5)29-16-30(35(47)44-20-25-18-42-43(4)31(25)21-44)46(34(29)33(27)39)23-50-13-14-52(6,7)8/h9-12,15-16,18,24H,13-14,17,19-23H2,1-8H3. The van der Waals surface area contributed by atoms with Crippen molar-refractivity contribution in [3.8, 4) is 16.9 Å². The predicted octanol–water partition coefficient (Wildman–Crippen LogP) is 8.02. The van der Waals surface area contributed by atoms with E-state index >= 15 is 13.2 Å². The highest BCUT2D eigenvalue weighted by Crippen LogP contribution is 2.44. The number of ether oxygens (including phenoxy) is 3. The van der Waals surface area contributed by atoms with E-state index in [2.05, 4.69) is 24.7 Å². The van der Waals surface area contributed by atoms with Crippen molar-refractivity contribution in [2.75, 3.05) is 26.8 Å². The number of likely N-dealkylation sites (tertiary alicyclic amines) is 1. The molecule has 2 amide bonds. The van der Waals surface area contributed by atoms with E-state index in [1.54, 1.807) is 60.8 Å². The van der Waals surface area contributed by atoms with Crippen molar-refractivity contribution < 1.29 is 37.0 Å². The highest BCUT2D eigenvalue weighted by molar-refractivity contribution is 6.76. The zero-order chi connectivity index (χ0) is 37.7. The number of alkyl halides is 2. The third kappa shape index (κ3) is 7.73. The number of halogens is 3. The van der Waals surface area contributed by atoms with Crippen LogP contribution in [0.4, 0.5) is 18.0 Å². The summed E-state index contributed by atoms with van der Waals surface area (Å²) in [4.78, 5) is 30.2. The van der Waals surface area contributed by atoms with E-state index in [-0.39, 0.29) is 36.0 Å². The number of carbonyl (C=O) groups is 2. The fourth-order valence-electron chi connectivity index (χ4n) is 7.02. The number of amides is 2. The number of rotatable bonds is 9. The van der Waals surface area contributed by atoms with Crippen LogP contribution in [0, 0.1) is 5.82 Å². The first kappa shape index (κ1) is 37.5. The van der Waals surface area contributed by atoms with Crippen LogP contribution in [-0.4, -0.2) is 82.6 Å². The van der Waals surface area contributed by atoms with Gasteiger partial charge >= 0.3 is 6.09 Å². The van der Waals surface area contributed by atoms with E-state index in [0.717, 1.165) is 22.2 Å². The molecule has 1 fully saturated rings. The van der Waals surface area contributed by atoms with Gasteiger partial charge in [0, 0.05) is 63.7 Å². The summed E-state index contributed by atoms with van der Waals surface area (Å²) >= 11 is 0. The van der Waals surface area contributed by atoms with Crippen LogP contribution in [0.5, 0.6) is 5.75 Å². The number of methoxy groups -OCH3 is 1. The lowest BCUT2D eigenvalue weighted by Gasteiger charge is -2.38. The third-order valence-electron chi connectivity index (χ3n) is 9.62. The fourth-order valence-corrected chi connectivity index (χ4v) is 7.78. The minimum Gasteiger partial charge on any atom is -0.496 e. The van der Waals surface area contributed by atoms with Gasteiger partial charge in [-0.1, -0.05) is 37.8 Å². The molecule has 0 saturated carbocycles. The lowest BCUT2D eigenvalue weighted by Crippen LogP contribution is -2.50. The van der Waals surface area contributed by atoms with Gasteiger partial charge in [0.05, 0.1) is 37.6 Å². The molecule has 6 rings (SSSR count). The molecular formula is C38H48F3N5O5Si. The Hall–Kier alpha value is -4.30. The van der Waals surface area contributed by atoms with Crippen molar-refractivity contribution in [2.24, 2.45) is 7.05 Å². The molecule has 1 saturated heterocycles. The number of piperidine rings is 1. The van der Waals surface area contributed by atoms with Gasteiger partial charge in [-0.05, 0) is 56.1 Å². The molecule has 280 valence electrons. The Labute approximate surface area is 303 Å². The average molecular weight is 740 g/mol. The summed E-state index contributed by atoms with van der Waals surface area (Å²) in [6, 6.07) is 11.3. The maximum absolute atomic E-state index is 17.4. The molecule has 10 nitrogen and oxygen atoms in total. The Morgan fingerprint density at radius 1 is 1.06 bits per heavy atom. The SMILES string of the molecule is COc1ccccc1-c1cc(C2CN(C(=O)OC(C)(C)C)CC(F)(F)C2)c(F)c2c1cc(C(=O)N1Cc3cnn(C)c3C1)n2COCC[Si](C)(C)C. The van der Waals surface area contributed by atoms with Gasteiger partial charge in [0.2, 0.25) is 0 Å². The van der Waals surface area contributed by atoms with Gasteiger partial charge in [-0.15, -0.1) is 0 Å². The van der Waals surface area contributed by atoms with Crippen LogP contribution in [0.3, 0.4) is 0 Å². The number of aryl methyl sites for hydroxylation is 1. The largest absolute Gasteiger partial charge is 0.496 e. The number of fused-ring (bicyclic) bond motifs is 2. The van der Waals surface area contributed by atoms with E-state index < -0.39 is 50.4 Å². The van der Waals surface area contributed by atoms with Crippen molar-refractivity contribution in [1.29, 1.82) is 0 Å². The van der Waals surface area contributed by atoms with Gasteiger partial charge in [0.25, 0.3) is 11.8 Å². The van der Waals surface area contributed by atoms with Gasteiger partial charge in [-0.25, -0.2) is 18.0 Å². The first-order chi connectivity index (χ1) is 24.4. The smallest absolute Gasteiger partial charge is 0.410 e. The van der Waals surface area contributed by atoms with Gasteiger partial charge in [0.15, 0.2) is 5.82 Å². The molecule has 52 heavy (non-hydrogen) atoms. The second-order valence-corrected chi connectivity index (χ2v) is 21.7. The van der Waals surface area contributed by atoms with Crippen LogP contribution < -0.4 is 4.74 Å². The molecule has 0 bridgehead atoms. The van der Waals surface area contributed by atoms with Crippen molar-refractivity contribution in [3.05, 3.63) is 70.9 Å². The van der Waals surface area contributed by atoms with Crippen LogP contribution in [0.25, 0.3) is 22.0 Å². The molecule has 2 aromatic carbocycles. The molecule has 14 heteroatoms. The molecule has 0 spiro atoms. The Morgan fingerprint density at radius 3 is 2.46 bits per heavy atom. The Morgan fingerprint density at radius 2 is 1.79 bits per heavy atom. The number of nitrogens with zero attached hydrogens (tertiary/aromatic N) is 5. The van der Waals surface area contributed by atoms with Crippen LogP contribution >= 0.6 is 0 Å². The summed E-state index contributed by atoms with van der Waals surface area (Å²) in [5.74, 6) is -4.99. The van der Waals surface area contributed by atoms with Crippen LogP contribution in [0.2, 0.25) is 25.7 Å². The number of hydrogen-bond acceptors (Lipinski definition) is 6. The average Bonchev–Trinajstić information content (AvgIpc) is 3.75. The molecule has 4 heterocycles. The summed E-state index contributed by atoms with van der Waals surface area (Å²) in [6.45, 7) is 11.6. The second kappa shape index (κ2) is 13.9. The lowest BCUT2D eigenvalue weighted by molar-refractivity contribution is -0.0758. The summed E-state index contributed by atoms with van der Waals surface area (Å²) in [7, 11) is 1.85. The molecule has 0 N–H and O–H groups in total. The molecule has 1 unspecified atom stereocenters. The Balaban J connectivity index is 1.53. The monoisotopic (exact) mass is 739 g/mol. The number of carbonyl (C=O) groups excluding carboxylic acids is 2. The molecule has 0 aliphatic carbocycles. The van der Waals surface area contributed by atoms with E-state index in [9.17, 15) is 9.59 Å². The summed E-state index contributed by atoms with van der Waals surface area (Å²) in [6.07, 6.45) is 0.167. The molecule has 2 aliphatic heterocycles. The number of para-hydroxylation sites is 1. The van der Waals surface area contributed by atoms with Crippen molar-refractivity contribution >= 4 is 31.0 Å². The normalized spacial score (nSPS) is 17.5. The first-order valence-corrected chi connectivity index (χ1v) is 21.3. The molecular weight excluding hydrogens is 692 g/mol. The number of hydrogen-bond donors (Lipinski definition) is 0. The number of aromatic nitrogens is 3. The number of benzene rings is 2. The minimum atomic E-state index is -3.31. The third-order valence-corrected chi connectivity index (χ3v) is 11.3. The van der Waals surface area contributed by atoms with E-state index in [0.29, 0.717) is 42.0 Å². The maximum Gasteiger partial charge on any atom is 0.410 e. The van der Waals surface area contributed by atoms with Crippen molar-refractivity contribution in [1.82, 2.24) is 24.1 Å². The molecule has 2 aliphatic rings. The molecule has 0 radical (unpaired) electrons. The van der Waals surface area contributed by atoms with Gasteiger partial charge < -0.3 is 28.6 Å². The van der Waals surface area contributed by atoms with E-state index in [1.807, 2.05) is 19.2 Å². The van der Waals surface area contributed by atoms with Crippen LogP contribution in [0.1, 0.15) is 60.4 Å². The minimum absolute atomic E-state index is 0.00133. The van der Waals surface area contributed by atoms with Crippen molar-refractivity contribution in [3.63, 3.8) is 0 Å². The van der Waals surface area contributed by atoms with Gasteiger partial charge in [0.1, 0.15) is 23.8 Å². The van der Waals surface area contributed by atoms with Crippen LogP contribution in [0.15, 0.2) is 42.6 Å². The Bertz CT molecular complexity index is 2000. The fraction of sp³-hybridized carbons (Fsp3) is 0.500. The first-order valence-electron chi connectivity index (χ1n) is 17.6. The quantitative estimate of drug-likeness (QED) is 0.128. The van der Waals surface area contributed by atoms with Gasteiger partial charge in [-0.3, -0.25) is 9.48 Å². The maximum atomic E-state index is 17.4. The molecule has 2 aromatic heterocycles. The highest BCUT2D eigenvalue weighted by Gasteiger charge is 2.45. The summed E-state index contributed by atoms with van der Waals surface area (Å²) in [5.41, 5.74) is 2.31. The lowest BCUT2D eigenvalue weighted by atomic mass is 9.85. The van der Waals surface area contributed by atoms with Crippen molar-refractivity contribution in [2.45, 2.75) is 90.1 Å². The molecule has 4 aromatic rings. The Kier molecular flexibility index (Phi) is 10.0. The predicted molar refractivity (Wildman–Crippen MR) is 195 cm³/mol. The van der Waals surface area contributed by atoms with E-state index in [4.69, 9.17) is 14.2 Å². The zero-order valence-electron chi connectivity index (χ0n) is 31.2. The molecule has 1 atom stereocenters. The summed E-state index contributed by atoms with van der Waals surface area (Å²) < 4.78 is 69.0. The summed E-state index contributed by atoms with van der Waals surface area (Å²) in [5, 5.41) is 4.72. The van der Waals surface area contributed by atoms with Gasteiger partial charge in [-0.2, -0.15) is 5.10 Å². The highest BCUT2D eigenvalue weighted by atomic mass is 28.3.